The zero-order valence-corrected chi connectivity index (χ0v) is 13.3. The maximum Gasteiger partial charge on any atom is 0.242 e. The minimum absolute atomic E-state index is 0. The molecule has 1 atom stereocenters. The van der Waals surface area contributed by atoms with E-state index in [0.717, 1.165) is 31.2 Å². The molecule has 1 unspecified atom stereocenters. The van der Waals surface area contributed by atoms with Crippen molar-refractivity contribution in [2.45, 2.75) is 37.3 Å². The van der Waals surface area contributed by atoms with E-state index in [2.05, 4.69) is 0 Å². The van der Waals surface area contributed by atoms with Crippen LogP contribution < -0.4 is 5.73 Å². The predicted octanol–water partition coefficient (Wildman–Crippen LogP) is 2.42. The predicted molar refractivity (Wildman–Crippen MR) is 84.3 cm³/mol. The molecule has 1 aromatic carbocycles. The second-order valence-electron chi connectivity index (χ2n) is 6.03. The molecular formula is C16H22ClFN2O2. The van der Waals surface area contributed by atoms with E-state index in [1.165, 1.54) is 12.1 Å². The van der Waals surface area contributed by atoms with E-state index in [4.69, 9.17) is 10.5 Å². The summed E-state index contributed by atoms with van der Waals surface area (Å²) in [6.07, 6.45) is 3.27. The molecule has 122 valence electrons. The summed E-state index contributed by atoms with van der Waals surface area (Å²) in [6, 6.07) is 6.36. The standard InChI is InChI=1S/C16H21FN2O2.ClH/c17-13-5-3-4-12(10-13)14-11-19(8-9-21-14)15(20)16(18)6-1-2-7-16;/h3-5,10,14H,1-2,6-9,11,18H2;1H. The minimum Gasteiger partial charge on any atom is -0.370 e. The molecule has 1 aliphatic carbocycles. The van der Waals surface area contributed by atoms with Gasteiger partial charge in [0.15, 0.2) is 0 Å². The average Bonchev–Trinajstić information content (AvgIpc) is 2.95. The van der Waals surface area contributed by atoms with Gasteiger partial charge in [-0.2, -0.15) is 0 Å². The van der Waals surface area contributed by atoms with E-state index in [9.17, 15) is 9.18 Å². The quantitative estimate of drug-likeness (QED) is 0.907. The van der Waals surface area contributed by atoms with Crippen LogP contribution in [0.3, 0.4) is 0 Å². The van der Waals surface area contributed by atoms with Crippen molar-refractivity contribution in [3.8, 4) is 0 Å². The third-order valence-corrected chi connectivity index (χ3v) is 4.50. The van der Waals surface area contributed by atoms with Crippen LogP contribution in [0.2, 0.25) is 0 Å². The molecule has 1 saturated heterocycles. The van der Waals surface area contributed by atoms with Gasteiger partial charge in [-0.15, -0.1) is 12.4 Å². The second kappa shape index (κ2) is 6.94. The highest BCUT2D eigenvalue weighted by atomic mass is 35.5. The van der Waals surface area contributed by atoms with Crippen molar-refractivity contribution in [2.75, 3.05) is 19.7 Å². The van der Waals surface area contributed by atoms with Crippen LogP contribution in [-0.4, -0.2) is 36.0 Å². The van der Waals surface area contributed by atoms with Crippen molar-refractivity contribution in [1.29, 1.82) is 0 Å². The number of rotatable bonds is 2. The molecule has 1 amide bonds. The van der Waals surface area contributed by atoms with Gasteiger partial charge in [-0.1, -0.05) is 25.0 Å². The number of hydrogen-bond donors (Lipinski definition) is 1. The molecule has 4 nitrogen and oxygen atoms in total. The molecule has 0 aromatic heterocycles. The van der Waals surface area contributed by atoms with Crippen LogP contribution in [0.5, 0.6) is 0 Å². The van der Waals surface area contributed by atoms with Gasteiger partial charge in [0.2, 0.25) is 5.91 Å². The van der Waals surface area contributed by atoms with Crippen LogP contribution in [0.15, 0.2) is 24.3 Å². The molecule has 2 fully saturated rings. The molecule has 3 rings (SSSR count). The number of benzene rings is 1. The third-order valence-electron chi connectivity index (χ3n) is 4.50. The van der Waals surface area contributed by atoms with E-state index in [1.54, 1.807) is 11.0 Å². The van der Waals surface area contributed by atoms with E-state index >= 15 is 0 Å². The minimum atomic E-state index is -0.705. The van der Waals surface area contributed by atoms with Gasteiger partial charge < -0.3 is 15.4 Å². The summed E-state index contributed by atoms with van der Waals surface area (Å²) in [5.41, 5.74) is 6.31. The van der Waals surface area contributed by atoms with Gasteiger partial charge in [-0.05, 0) is 30.5 Å². The number of nitrogens with zero attached hydrogens (tertiary/aromatic N) is 1. The second-order valence-corrected chi connectivity index (χ2v) is 6.03. The highest BCUT2D eigenvalue weighted by molar-refractivity contribution is 5.86. The molecule has 2 N–H and O–H groups in total. The summed E-state index contributed by atoms with van der Waals surface area (Å²) in [7, 11) is 0. The molecule has 0 radical (unpaired) electrons. The van der Waals surface area contributed by atoms with Gasteiger partial charge in [-0.25, -0.2) is 4.39 Å². The lowest BCUT2D eigenvalue weighted by Gasteiger charge is -2.37. The molecule has 6 heteroatoms. The first kappa shape index (κ1) is 17.2. The molecule has 1 aromatic rings. The molecule has 1 saturated carbocycles. The van der Waals surface area contributed by atoms with Crippen molar-refractivity contribution in [3.63, 3.8) is 0 Å². The summed E-state index contributed by atoms with van der Waals surface area (Å²) >= 11 is 0. The van der Waals surface area contributed by atoms with Crippen molar-refractivity contribution >= 4 is 18.3 Å². The van der Waals surface area contributed by atoms with Gasteiger partial charge >= 0.3 is 0 Å². The van der Waals surface area contributed by atoms with Crippen LogP contribution in [0, 0.1) is 5.82 Å². The first-order chi connectivity index (χ1) is 10.1. The van der Waals surface area contributed by atoms with Crippen molar-refractivity contribution in [2.24, 2.45) is 5.73 Å². The molecule has 1 heterocycles. The number of ether oxygens (including phenoxy) is 1. The summed E-state index contributed by atoms with van der Waals surface area (Å²) in [5.74, 6) is -0.268. The Morgan fingerprint density at radius 1 is 1.36 bits per heavy atom. The number of carbonyl (C=O) groups is 1. The lowest BCUT2D eigenvalue weighted by molar-refractivity contribution is -0.144. The highest BCUT2D eigenvalue weighted by Gasteiger charge is 2.41. The van der Waals surface area contributed by atoms with Gasteiger partial charge in [0.1, 0.15) is 11.9 Å². The van der Waals surface area contributed by atoms with Crippen LogP contribution in [0.25, 0.3) is 0 Å². The Morgan fingerprint density at radius 2 is 2.09 bits per heavy atom. The number of carbonyl (C=O) groups excluding carboxylic acids is 1. The summed E-state index contributed by atoms with van der Waals surface area (Å²) < 4.78 is 19.0. The van der Waals surface area contributed by atoms with E-state index in [-0.39, 0.29) is 30.2 Å². The largest absolute Gasteiger partial charge is 0.370 e. The zero-order chi connectivity index (χ0) is 14.9. The molecule has 22 heavy (non-hydrogen) atoms. The smallest absolute Gasteiger partial charge is 0.242 e. The molecular weight excluding hydrogens is 307 g/mol. The number of nitrogens with two attached hydrogens (primary N) is 1. The lowest BCUT2D eigenvalue weighted by Crippen LogP contribution is -2.56. The van der Waals surface area contributed by atoms with Crippen molar-refractivity contribution in [3.05, 3.63) is 35.6 Å². The third kappa shape index (κ3) is 3.42. The van der Waals surface area contributed by atoms with Crippen LogP contribution in [0.1, 0.15) is 37.4 Å². The van der Waals surface area contributed by atoms with Gasteiger partial charge in [0, 0.05) is 6.54 Å². The fourth-order valence-electron chi connectivity index (χ4n) is 3.28. The Bertz CT molecular complexity index is 535. The fraction of sp³-hybridized carbons (Fsp3) is 0.562. The summed E-state index contributed by atoms with van der Waals surface area (Å²) in [5, 5.41) is 0. The van der Waals surface area contributed by atoms with E-state index in [0.29, 0.717) is 19.7 Å². The van der Waals surface area contributed by atoms with E-state index in [1.807, 2.05) is 6.07 Å². The van der Waals surface area contributed by atoms with Gasteiger partial charge in [0.05, 0.1) is 18.7 Å². The highest BCUT2D eigenvalue weighted by Crippen LogP contribution is 2.31. The SMILES string of the molecule is Cl.NC1(C(=O)N2CCOC(c3cccc(F)c3)C2)CCCC1. The topological polar surface area (TPSA) is 55.6 Å². The maximum atomic E-state index is 13.3. The monoisotopic (exact) mass is 328 g/mol. The Labute approximate surface area is 136 Å². The fourth-order valence-corrected chi connectivity index (χ4v) is 3.28. The molecule has 0 spiro atoms. The average molecular weight is 329 g/mol. The van der Waals surface area contributed by atoms with Gasteiger partial charge in [-0.3, -0.25) is 4.79 Å². The number of morpholine rings is 1. The van der Waals surface area contributed by atoms with Gasteiger partial charge in [0.25, 0.3) is 0 Å². The Kier molecular flexibility index (Phi) is 5.42. The summed E-state index contributed by atoms with van der Waals surface area (Å²) in [6.45, 7) is 1.47. The molecule has 1 aliphatic heterocycles. The molecule has 2 aliphatic rings. The Morgan fingerprint density at radius 3 is 2.77 bits per heavy atom. The van der Waals surface area contributed by atoms with Crippen LogP contribution >= 0.6 is 12.4 Å². The van der Waals surface area contributed by atoms with Crippen LogP contribution in [-0.2, 0) is 9.53 Å². The number of hydrogen-bond acceptors (Lipinski definition) is 3. The van der Waals surface area contributed by atoms with Crippen molar-refractivity contribution in [1.82, 2.24) is 4.90 Å². The number of amides is 1. The lowest BCUT2D eigenvalue weighted by atomic mass is 9.96. The molecule has 0 bridgehead atoms. The van der Waals surface area contributed by atoms with Crippen molar-refractivity contribution < 1.29 is 13.9 Å². The Balaban J connectivity index is 0.00000176. The van der Waals surface area contributed by atoms with Crippen LogP contribution in [0.4, 0.5) is 4.39 Å². The summed E-state index contributed by atoms with van der Waals surface area (Å²) in [4.78, 5) is 14.4. The Hall–Kier alpha value is -1.17. The number of halogens is 2. The van der Waals surface area contributed by atoms with E-state index < -0.39 is 5.54 Å². The zero-order valence-electron chi connectivity index (χ0n) is 12.5. The maximum absolute atomic E-state index is 13.3. The first-order valence-corrected chi connectivity index (χ1v) is 7.54. The normalized spacial score (nSPS) is 23.9. The first-order valence-electron chi connectivity index (χ1n) is 7.54.